The molecule has 0 amide bonds. The van der Waals surface area contributed by atoms with Crippen LogP contribution < -0.4 is 10.1 Å². The van der Waals surface area contributed by atoms with Crippen molar-refractivity contribution in [2.24, 2.45) is 0 Å². The summed E-state index contributed by atoms with van der Waals surface area (Å²) in [5.41, 5.74) is 0.234. The average molecular weight is 258 g/mol. The van der Waals surface area contributed by atoms with E-state index in [0.29, 0.717) is 24.5 Å². The molecule has 1 aromatic carbocycles. The third-order valence-electron chi connectivity index (χ3n) is 2.87. The van der Waals surface area contributed by atoms with Gasteiger partial charge in [0.05, 0.1) is 12.7 Å². The van der Waals surface area contributed by atoms with Crippen LogP contribution >= 0.6 is 11.6 Å². The van der Waals surface area contributed by atoms with E-state index in [-0.39, 0.29) is 0 Å². The lowest BCUT2D eigenvalue weighted by Crippen LogP contribution is -2.36. The zero-order valence-electron chi connectivity index (χ0n) is 10.6. The Balaban J connectivity index is 2.63. The Morgan fingerprint density at radius 1 is 1.47 bits per heavy atom. The molecule has 0 aliphatic heterocycles. The minimum Gasteiger partial charge on any atom is -0.496 e. The van der Waals surface area contributed by atoms with Crippen molar-refractivity contribution < 1.29 is 9.84 Å². The first-order valence-corrected chi connectivity index (χ1v) is 6.12. The zero-order valence-corrected chi connectivity index (χ0v) is 11.3. The minimum atomic E-state index is -0.686. The molecule has 0 saturated carbocycles. The summed E-state index contributed by atoms with van der Waals surface area (Å²) >= 11 is 6.11. The molecule has 1 atom stereocenters. The van der Waals surface area contributed by atoms with E-state index in [2.05, 4.69) is 5.32 Å². The summed E-state index contributed by atoms with van der Waals surface area (Å²) in [6.07, 6.45) is 0.708. The summed E-state index contributed by atoms with van der Waals surface area (Å²) < 4.78 is 5.25. The topological polar surface area (TPSA) is 41.5 Å². The van der Waals surface area contributed by atoms with Gasteiger partial charge in [0.2, 0.25) is 0 Å². The van der Waals surface area contributed by atoms with Crippen molar-refractivity contribution >= 4 is 11.6 Å². The standard InChI is InChI=1S/C13H20ClNO2/c1-4-13(2,16)9-15-8-10-11(14)6-5-7-12(10)17-3/h5-7,15-16H,4,8-9H2,1-3H3. The Morgan fingerprint density at radius 2 is 2.18 bits per heavy atom. The third-order valence-corrected chi connectivity index (χ3v) is 3.22. The second kappa shape index (κ2) is 6.24. The summed E-state index contributed by atoms with van der Waals surface area (Å²) in [4.78, 5) is 0. The minimum absolute atomic E-state index is 0.526. The van der Waals surface area contributed by atoms with E-state index >= 15 is 0 Å². The van der Waals surface area contributed by atoms with E-state index in [9.17, 15) is 5.11 Å². The van der Waals surface area contributed by atoms with Gasteiger partial charge >= 0.3 is 0 Å². The van der Waals surface area contributed by atoms with Crippen LogP contribution in [-0.2, 0) is 6.54 Å². The summed E-state index contributed by atoms with van der Waals surface area (Å²) in [5.74, 6) is 0.765. The Hall–Kier alpha value is -0.770. The number of ether oxygens (including phenoxy) is 1. The van der Waals surface area contributed by atoms with E-state index in [1.165, 1.54) is 0 Å². The number of hydrogen-bond donors (Lipinski definition) is 2. The van der Waals surface area contributed by atoms with Crippen molar-refractivity contribution in [2.75, 3.05) is 13.7 Å². The van der Waals surface area contributed by atoms with Gasteiger partial charge in [-0.2, -0.15) is 0 Å². The Labute approximate surface area is 108 Å². The van der Waals surface area contributed by atoms with Gasteiger partial charge in [-0.15, -0.1) is 0 Å². The highest BCUT2D eigenvalue weighted by Gasteiger charge is 2.17. The highest BCUT2D eigenvalue weighted by molar-refractivity contribution is 6.31. The van der Waals surface area contributed by atoms with Crippen molar-refractivity contribution in [1.29, 1.82) is 0 Å². The predicted molar refractivity (Wildman–Crippen MR) is 70.6 cm³/mol. The number of halogens is 1. The summed E-state index contributed by atoms with van der Waals surface area (Å²) in [7, 11) is 1.62. The molecule has 3 nitrogen and oxygen atoms in total. The van der Waals surface area contributed by atoms with E-state index in [0.717, 1.165) is 11.3 Å². The quantitative estimate of drug-likeness (QED) is 0.823. The molecule has 4 heteroatoms. The third kappa shape index (κ3) is 4.19. The summed E-state index contributed by atoms with van der Waals surface area (Å²) in [6, 6.07) is 5.56. The predicted octanol–water partition coefficient (Wildman–Crippen LogP) is 2.60. The Kier molecular flexibility index (Phi) is 5.25. The number of methoxy groups -OCH3 is 1. The van der Waals surface area contributed by atoms with E-state index in [1.54, 1.807) is 7.11 Å². The first-order valence-electron chi connectivity index (χ1n) is 5.74. The van der Waals surface area contributed by atoms with Gasteiger partial charge in [0, 0.05) is 23.7 Å². The first-order chi connectivity index (χ1) is 8.00. The molecule has 0 aliphatic carbocycles. The van der Waals surface area contributed by atoms with Gasteiger partial charge in [-0.1, -0.05) is 24.6 Å². The smallest absolute Gasteiger partial charge is 0.124 e. The van der Waals surface area contributed by atoms with Crippen LogP contribution in [0.1, 0.15) is 25.8 Å². The normalized spacial score (nSPS) is 14.4. The van der Waals surface area contributed by atoms with Crippen LogP contribution in [0.25, 0.3) is 0 Å². The molecular weight excluding hydrogens is 238 g/mol. The van der Waals surface area contributed by atoms with Gasteiger partial charge in [0.25, 0.3) is 0 Å². The Bertz CT molecular complexity index is 366. The SMILES string of the molecule is CCC(C)(O)CNCc1c(Cl)cccc1OC. The molecule has 1 aromatic rings. The lowest BCUT2D eigenvalue weighted by molar-refractivity contribution is 0.0555. The maximum atomic E-state index is 9.87. The molecule has 0 aliphatic rings. The van der Waals surface area contributed by atoms with Crippen LogP contribution in [0.15, 0.2) is 18.2 Å². The highest BCUT2D eigenvalue weighted by atomic mass is 35.5. The van der Waals surface area contributed by atoms with Crippen LogP contribution in [0, 0.1) is 0 Å². The molecule has 2 N–H and O–H groups in total. The molecule has 17 heavy (non-hydrogen) atoms. The van der Waals surface area contributed by atoms with Crippen molar-refractivity contribution in [1.82, 2.24) is 5.32 Å². The van der Waals surface area contributed by atoms with E-state index < -0.39 is 5.60 Å². The molecule has 0 aromatic heterocycles. The number of nitrogens with one attached hydrogen (secondary N) is 1. The first kappa shape index (κ1) is 14.3. The molecule has 0 heterocycles. The number of rotatable bonds is 6. The van der Waals surface area contributed by atoms with Gasteiger partial charge in [0.1, 0.15) is 5.75 Å². The Morgan fingerprint density at radius 3 is 2.76 bits per heavy atom. The number of benzene rings is 1. The van der Waals surface area contributed by atoms with Crippen LogP contribution in [-0.4, -0.2) is 24.4 Å². The number of aliphatic hydroxyl groups is 1. The summed E-state index contributed by atoms with van der Waals surface area (Å²) in [6.45, 7) is 4.87. The fourth-order valence-corrected chi connectivity index (χ4v) is 1.72. The van der Waals surface area contributed by atoms with Gasteiger partial charge in [0.15, 0.2) is 0 Å². The molecular formula is C13H20ClNO2. The molecule has 1 rings (SSSR count). The van der Waals surface area contributed by atoms with E-state index in [1.807, 2.05) is 32.0 Å². The molecule has 0 saturated heterocycles. The molecule has 1 unspecified atom stereocenters. The lowest BCUT2D eigenvalue weighted by atomic mass is 10.0. The molecule has 0 fully saturated rings. The second-order valence-corrected chi connectivity index (χ2v) is 4.78. The van der Waals surface area contributed by atoms with Crippen LogP contribution in [0.5, 0.6) is 5.75 Å². The van der Waals surface area contributed by atoms with Crippen molar-refractivity contribution in [3.63, 3.8) is 0 Å². The van der Waals surface area contributed by atoms with Crippen molar-refractivity contribution in [3.05, 3.63) is 28.8 Å². The van der Waals surface area contributed by atoms with Gasteiger partial charge in [-0.05, 0) is 25.5 Å². The van der Waals surface area contributed by atoms with Crippen LogP contribution in [0.3, 0.4) is 0 Å². The summed E-state index contributed by atoms with van der Waals surface area (Å²) in [5, 5.41) is 13.7. The van der Waals surface area contributed by atoms with E-state index in [4.69, 9.17) is 16.3 Å². The highest BCUT2D eigenvalue weighted by Crippen LogP contribution is 2.25. The van der Waals surface area contributed by atoms with Crippen LogP contribution in [0.4, 0.5) is 0 Å². The number of hydrogen-bond acceptors (Lipinski definition) is 3. The second-order valence-electron chi connectivity index (χ2n) is 4.37. The largest absolute Gasteiger partial charge is 0.496 e. The van der Waals surface area contributed by atoms with Crippen molar-refractivity contribution in [3.8, 4) is 5.75 Å². The molecule has 0 spiro atoms. The average Bonchev–Trinajstić information content (AvgIpc) is 2.31. The fourth-order valence-electron chi connectivity index (χ4n) is 1.48. The fraction of sp³-hybridized carbons (Fsp3) is 0.538. The van der Waals surface area contributed by atoms with Gasteiger partial charge in [-0.3, -0.25) is 0 Å². The van der Waals surface area contributed by atoms with Gasteiger partial charge < -0.3 is 15.2 Å². The zero-order chi connectivity index (χ0) is 12.9. The molecule has 0 radical (unpaired) electrons. The van der Waals surface area contributed by atoms with Crippen LogP contribution in [0.2, 0.25) is 5.02 Å². The maximum absolute atomic E-state index is 9.87. The maximum Gasteiger partial charge on any atom is 0.124 e. The van der Waals surface area contributed by atoms with Gasteiger partial charge in [-0.25, -0.2) is 0 Å². The molecule has 96 valence electrons. The lowest BCUT2D eigenvalue weighted by Gasteiger charge is -2.22. The molecule has 0 bridgehead atoms. The monoisotopic (exact) mass is 257 g/mol. The van der Waals surface area contributed by atoms with Crippen molar-refractivity contribution in [2.45, 2.75) is 32.4 Å².